The Hall–Kier alpha value is -1.41. The zero-order valence-corrected chi connectivity index (χ0v) is 15.2. The van der Waals surface area contributed by atoms with Crippen molar-refractivity contribution in [3.63, 3.8) is 0 Å². The summed E-state index contributed by atoms with van der Waals surface area (Å²) in [6.07, 6.45) is 1.19. The van der Waals surface area contributed by atoms with Crippen LogP contribution in [-0.4, -0.2) is 48.6 Å². The summed E-state index contributed by atoms with van der Waals surface area (Å²) in [6.45, 7) is 1.62. The number of halogens is 2. The molecule has 1 heterocycles. The summed E-state index contributed by atoms with van der Waals surface area (Å²) < 4.78 is 5.52. The molecule has 1 aromatic carbocycles. The van der Waals surface area contributed by atoms with Gasteiger partial charge < -0.3 is 15.0 Å². The lowest BCUT2D eigenvalue weighted by atomic mass is 9.90. The summed E-state index contributed by atoms with van der Waals surface area (Å²) in [5, 5.41) is 14.5. The fraction of sp³-hybridized carbons (Fsp3) is 0.533. The standard InChI is InChI=1S/C15H20ClN3O4.ClH/c1-18(14(20)15(23-2)5-7-17-8-6-15)10-11-9-12(19(21)22)3-4-13(11)16;/h3-4,9,17H,5-8,10H2,1-2H3;1H. The third kappa shape index (κ3) is 4.36. The number of nitro benzene ring substituents is 1. The molecule has 1 N–H and O–H groups in total. The fourth-order valence-electron chi connectivity index (χ4n) is 2.81. The maximum absolute atomic E-state index is 12.8. The van der Waals surface area contributed by atoms with Gasteiger partial charge in [-0.1, -0.05) is 11.6 Å². The first-order chi connectivity index (χ1) is 10.9. The van der Waals surface area contributed by atoms with Gasteiger partial charge in [-0.3, -0.25) is 14.9 Å². The topological polar surface area (TPSA) is 84.7 Å². The summed E-state index contributed by atoms with van der Waals surface area (Å²) in [4.78, 5) is 24.7. The molecular weight excluding hydrogens is 357 g/mol. The molecule has 1 fully saturated rings. The normalized spacial score (nSPS) is 16.1. The van der Waals surface area contributed by atoms with Crippen molar-refractivity contribution in [3.8, 4) is 0 Å². The number of likely N-dealkylation sites (N-methyl/N-ethyl adjacent to an activating group) is 1. The fourth-order valence-corrected chi connectivity index (χ4v) is 2.98. The summed E-state index contributed by atoms with van der Waals surface area (Å²) in [6, 6.07) is 4.22. The van der Waals surface area contributed by atoms with Crippen molar-refractivity contribution in [1.82, 2.24) is 10.2 Å². The number of nitrogens with zero attached hydrogens (tertiary/aromatic N) is 2. The van der Waals surface area contributed by atoms with Gasteiger partial charge in [-0.05, 0) is 37.6 Å². The third-order valence-electron chi connectivity index (χ3n) is 4.19. The van der Waals surface area contributed by atoms with E-state index in [1.165, 1.54) is 30.2 Å². The molecule has 134 valence electrons. The molecule has 0 bridgehead atoms. The van der Waals surface area contributed by atoms with Crippen LogP contribution in [0.3, 0.4) is 0 Å². The SMILES string of the molecule is COC1(C(=O)N(C)Cc2cc([N+](=O)[O-])ccc2Cl)CCNCC1.Cl. The van der Waals surface area contributed by atoms with Gasteiger partial charge in [-0.2, -0.15) is 0 Å². The number of carbonyl (C=O) groups is 1. The van der Waals surface area contributed by atoms with Crippen LogP contribution in [0.1, 0.15) is 18.4 Å². The molecule has 1 saturated heterocycles. The molecule has 1 aliphatic heterocycles. The number of benzene rings is 1. The number of nitro groups is 1. The molecule has 2 rings (SSSR count). The molecule has 0 aliphatic carbocycles. The van der Waals surface area contributed by atoms with Crippen LogP contribution in [0.15, 0.2) is 18.2 Å². The van der Waals surface area contributed by atoms with Crippen molar-refractivity contribution in [2.45, 2.75) is 25.0 Å². The number of ether oxygens (including phenoxy) is 1. The molecule has 0 saturated carbocycles. The molecule has 0 radical (unpaired) electrons. The van der Waals surface area contributed by atoms with E-state index in [2.05, 4.69) is 5.32 Å². The van der Waals surface area contributed by atoms with Crippen molar-refractivity contribution in [2.75, 3.05) is 27.2 Å². The minimum atomic E-state index is -0.840. The first-order valence-electron chi connectivity index (χ1n) is 7.34. The first kappa shape index (κ1) is 20.6. The Balaban J connectivity index is 0.00000288. The number of piperidine rings is 1. The molecule has 7 nitrogen and oxygen atoms in total. The molecule has 0 aromatic heterocycles. The number of amides is 1. The minimum Gasteiger partial charge on any atom is -0.368 e. The molecule has 0 spiro atoms. The molecule has 1 aliphatic rings. The molecular formula is C15H21Cl2N3O4. The summed E-state index contributed by atoms with van der Waals surface area (Å²) in [5.41, 5.74) is -0.349. The van der Waals surface area contributed by atoms with E-state index in [0.717, 1.165) is 0 Å². The third-order valence-corrected chi connectivity index (χ3v) is 4.55. The van der Waals surface area contributed by atoms with Crippen LogP contribution < -0.4 is 5.32 Å². The van der Waals surface area contributed by atoms with Gasteiger partial charge in [0, 0.05) is 37.9 Å². The Labute approximate surface area is 151 Å². The van der Waals surface area contributed by atoms with E-state index in [4.69, 9.17) is 16.3 Å². The average molecular weight is 378 g/mol. The summed E-state index contributed by atoms with van der Waals surface area (Å²) >= 11 is 6.10. The second-order valence-corrected chi connectivity index (χ2v) is 6.05. The highest BCUT2D eigenvalue weighted by atomic mass is 35.5. The van der Waals surface area contributed by atoms with E-state index in [9.17, 15) is 14.9 Å². The van der Waals surface area contributed by atoms with Gasteiger partial charge in [-0.25, -0.2) is 0 Å². The van der Waals surface area contributed by atoms with Crippen LogP contribution in [-0.2, 0) is 16.1 Å². The number of methoxy groups -OCH3 is 1. The van der Waals surface area contributed by atoms with E-state index < -0.39 is 10.5 Å². The quantitative estimate of drug-likeness (QED) is 0.628. The van der Waals surface area contributed by atoms with Crippen molar-refractivity contribution in [3.05, 3.63) is 38.9 Å². The Morgan fingerprint density at radius 2 is 2.08 bits per heavy atom. The van der Waals surface area contributed by atoms with Crippen LogP contribution in [0.5, 0.6) is 0 Å². The maximum atomic E-state index is 12.8. The molecule has 1 amide bonds. The minimum absolute atomic E-state index is 0. The first-order valence-corrected chi connectivity index (χ1v) is 7.72. The van der Waals surface area contributed by atoms with Gasteiger partial charge in [0.05, 0.1) is 4.92 Å². The smallest absolute Gasteiger partial charge is 0.269 e. The second-order valence-electron chi connectivity index (χ2n) is 5.64. The van der Waals surface area contributed by atoms with E-state index in [1.807, 2.05) is 0 Å². The number of hydrogen-bond donors (Lipinski definition) is 1. The van der Waals surface area contributed by atoms with Gasteiger partial charge in [0.15, 0.2) is 0 Å². The van der Waals surface area contributed by atoms with E-state index >= 15 is 0 Å². The predicted octanol–water partition coefficient (Wildman–Crippen LogP) is 2.40. The van der Waals surface area contributed by atoms with Gasteiger partial charge in [0.2, 0.25) is 0 Å². The van der Waals surface area contributed by atoms with Crippen LogP contribution >= 0.6 is 24.0 Å². The molecule has 0 atom stereocenters. The largest absolute Gasteiger partial charge is 0.368 e. The molecule has 1 aromatic rings. The lowest BCUT2D eigenvalue weighted by Crippen LogP contribution is -2.54. The Morgan fingerprint density at radius 1 is 1.46 bits per heavy atom. The highest BCUT2D eigenvalue weighted by Gasteiger charge is 2.41. The number of non-ortho nitro benzene ring substituents is 1. The maximum Gasteiger partial charge on any atom is 0.269 e. The van der Waals surface area contributed by atoms with Crippen molar-refractivity contribution in [2.24, 2.45) is 0 Å². The van der Waals surface area contributed by atoms with Gasteiger partial charge in [0.25, 0.3) is 11.6 Å². The Kier molecular flexibility index (Phi) is 7.41. The number of hydrogen-bond acceptors (Lipinski definition) is 5. The number of rotatable bonds is 5. The zero-order valence-electron chi connectivity index (χ0n) is 13.6. The van der Waals surface area contributed by atoms with Crippen molar-refractivity contribution in [1.29, 1.82) is 0 Å². The van der Waals surface area contributed by atoms with Gasteiger partial charge >= 0.3 is 0 Å². The number of carbonyl (C=O) groups excluding carboxylic acids is 1. The predicted molar refractivity (Wildman–Crippen MR) is 93.7 cm³/mol. The zero-order chi connectivity index (χ0) is 17.0. The van der Waals surface area contributed by atoms with Crippen LogP contribution in [0.25, 0.3) is 0 Å². The highest BCUT2D eigenvalue weighted by Crippen LogP contribution is 2.27. The summed E-state index contributed by atoms with van der Waals surface area (Å²) in [5.74, 6) is -0.135. The highest BCUT2D eigenvalue weighted by molar-refractivity contribution is 6.31. The lowest BCUT2D eigenvalue weighted by molar-refractivity contribution is -0.384. The van der Waals surface area contributed by atoms with Gasteiger partial charge in [-0.15, -0.1) is 12.4 Å². The lowest BCUT2D eigenvalue weighted by Gasteiger charge is -2.37. The Bertz CT molecular complexity index is 606. The monoisotopic (exact) mass is 377 g/mol. The van der Waals surface area contributed by atoms with E-state index in [0.29, 0.717) is 36.5 Å². The molecule has 24 heavy (non-hydrogen) atoms. The van der Waals surface area contributed by atoms with E-state index in [1.54, 1.807) is 7.05 Å². The van der Waals surface area contributed by atoms with Gasteiger partial charge in [0.1, 0.15) is 5.60 Å². The molecule has 9 heteroatoms. The van der Waals surface area contributed by atoms with Crippen LogP contribution in [0, 0.1) is 10.1 Å². The van der Waals surface area contributed by atoms with E-state index in [-0.39, 0.29) is 30.5 Å². The average Bonchev–Trinajstić information content (AvgIpc) is 2.56. The summed E-state index contributed by atoms with van der Waals surface area (Å²) in [7, 11) is 3.19. The van der Waals surface area contributed by atoms with Crippen LogP contribution in [0.2, 0.25) is 5.02 Å². The Morgan fingerprint density at radius 3 is 2.62 bits per heavy atom. The number of nitrogens with one attached hydrogen (secondary N) is 1. The van der Waals surface area contributed by atoms with Crippen molar-refractivity contribution >= 4 is 35.6 Å². The second kappa shape index (κ2) is 8.62. The van der Waals surface area contributed by atoms with Crippen LogP contribution in [0.4, 0.5) is 5.69 Å². The molecule has 0 unspecified atom stereocenters. The van der Waals surface area contributed by atoms with Crippen molar-refractivity contribution < 1.29 is 14.5 Å².